The lowest BCUT2D eigenvalue weighted by atomic mass is 10.0. The van der Waals surface area contributed by atoms with E-state index in [9.17, 15) is 14.7 Å². The predicted octanol–water partition coefficient (Wildman–Crippen LogP) is 4.09. The van der Waals surface area contributed by atoms with Crippen LogP contribution in [-0.2, 0) is 0 Å². The smallest absolute Gasteiger partial charge is 0.257 e. The van der Waals surface area contributed by atoms with Crippen LogP contribution in [0.3, 0.4) is 0 Å². The summed E-state index contributed by atoms with van der Waals surface area (Å²) >= 11 is 0. The first-order valence-corrected chi connectivity index (χ1v) is 10.2. The molecular weight excluding hydrogens is 376 g/mol. The van der Waals surface area contributed by atoms with Gasteiger partial charge in [-0.3, -0.25) is 9.59 Å². The maximum absolute atomic E-state index is 12.6. The molecule has 0 saturated carbocycles. The Kier molecular flexibility index (Phi) is 5.80. The van der Waals surface area contributed by atoms with Gasteiger partial charge in [0.15, 0.2) is 0 Å². The molecule has 3 aromatic carbocycles. The molecule has 0 aromatic heterocycles. The van der Waals surface area contributed by atoms with Crippen molar-refractivity contribution in [2.75, 3.05) is 13.1 Å². The van der Waals surface area contributed by atoms with Crippen LogP contribution >= 0.6 is 0 Å². The van der Waals surface area contributed by atoms with E-state index in [1.807, 2.05) is 54.6 Å². The summed E-state index contributed by atoms with van der Waals surface area (Å²) in [7, 11) is 0. The molecular formula is C25H24N2O3. The van der Waals surface area contributed by atoms with E-state index in [1.54, 1.807) is 23.1 Å². The fraction of sp³-hybridized carbons (Fsp3) is 0.200. The fourth-order valence-electron chi connectivity index (χ4n) is 3.77. The molecule has 30 heavy (non-hydrogen) atoms. The average Bonchev–Trinajstić information content (AvgIpc) is 2.80. The molecule has 2 amide bonds. The molecule has 1 aliphatic rings. The summed E-state index contributed by atoms with van der Waals surface area (Å²) in [6, 6.07) is 24.2. The van der Waals surface area contributed by atoms with Gasteiger partial charge in [0.05, 0.1) is 5.56 Å². The minimum atomic E-state index is -0.172. The number of hydrogen-bond acceptors (Lipinski definition) is 3. The van der Waals surface area contributed by atoms with Crippen molar-refractivity contribution >= 4 is 11.8 Å². The summed E-state index contributed by atoms with van der Waals surface area (Å²) in [6.45, 7) is 1.09. The maximum Gasteiger partial charge on any atom is 0.257 e. The second-order valence-corrected chi connectivity index (χ2v) is 7.50. The van der Waals surface area contributed by atoms with E-state index in [1.165, 1.54) is 6.07 Å². The van der Waals surface area contributed by atoms with E-state index in [-0.39, 0.29) is 23.6 Å². The number of carbonyl (C=O) groups is 2. The summed E-state index contributed by atoms with van der Waals surface area (Å²) in [5, 5.41) is 13.0. The lowest BCUT2D eigenvalue weighted by molar-refractivity contribution is 0.0695. The first kappa shape index (κ1) is 19.7. The average molecular weight is 400 g/mol. The Labute approximate surface area is 176 Å². The van der Waals surface area contributed by atoms with Gasteiger partial charge in [0.25, 0.3) is 11.8 Å². The SMILES string of the molecule is O=C(NC1CCN(C(=O)c2ccccc2O)CC1)c1ccc(-c2ccccc2)cc1. The van der Waals surface area contributed by atoms with E-state index in [0.29, 0.717) is 37.1 Å². The summed E-state index contributed by atoms with van der Waals surface area (Å²) in [5.41, 5.74) is 3.13. The van der Waals surface area contributed by atoms with Gasteiger partial charge >= 0.3 is 0 Å². The zero-order valence-electron chi connectivity index (χ0n) is 16.6. The first-order valence-electron chi connectivity index (χ1n) is 10.2. The molecule has 1 aliphatic heterocycles. The van der Waals surface area contributed by atoms with Gasteiger partial charge in [-0.05, 0) is 48.2 Å². The van der Waals surface area contributed by atoms with Crippen molar-refractivity contribution in [3.05, 3.63) is 90.0 Å². The second kappa shape index (κ2) is 8.82. The summed E-state index contributed by atoms with van der Waals surface area (Å²) in [5.74, 6) is -0.272. The zero-order valence-corrected chi connectivity index (χ0v) is 16.6. The highest BCUT2D eigenvalue weighted by Gasteiger charge is 2.26. The van der Waals surface area contributed by atoms with Crippen LogP contribution < -0.4 is 5.32 Å². The number of hydrogen-bond donors (Lipinski definition) is 2. The van der Waals surface area contributed by atoms with Gasteiger partial charge in [-0.25, -0.2) is 0 Å². The third kappa shape index (κ3) is 4.35. The van der Waals surface area contributed by atoms with Gasteiger partial charge in [0.2, 0.25) is 0 Å². The third-order valence-corrected chi connectivity index (χ3v) is 5.51. The second-order valence-electron chi connectivity index (χ2n) is 7.50. The minimum Gasteiger partial charge on any atom is -0.507 e. The molecule has 1 saturated heterocycles. The van der Waals surface area contributed by atoms with Crippen molar-refractivity contribution < 1.29 is 14.7 Å². The van der Waals surface area contributed by atoms with Crippen molar-refractivity contribution in [1.82, 2.24) is 10.2 Å². The van der Waals surface area contributed by atoms with Gasteiger partial charge < -0.3 is 15.3 Å². The number of amides is 2. The van der Waals surface area contributed by atoms with Crippen LogP contribution in [-0.4, -0.2) is 41.0 Å². The van der Waals surface area contributed by atoms with Crippen molar-refractivity contribution in [1.29, 1.82) is 0 Å². The van der Waals surface area contributed by atoms with Crippen LogP contribution in [0.1, 0.15) is 33.6 Å². The van der Waals surface area contributed by atoms with E-state index in [2.05, 4.69) is 5.32 Å². The van der Waals surface area contributed by atoms with Gasteiger partial charge in [0, 0.05) is 24.7 Å². The molecule has 1 fully saturated rings. The molecule has 1 heterocycles. The Balaban J connectivity index is 1.32. The van der Waals surface area contributed by atoms with E-state index in [4.69, 9.17) is 0 Å². The quantitative estimate of drug-likeness (QED) is 0.693. The number of phenolic OH excluding ortho intramolecular Hbond substituents is 1. The third-order valence-electron chi connectivity index (χ3n) is 5.51. The number of rotatable bonds is 4. The molecule has 4 rings (SSSR count). The Bertz CT molecular complexity index is 1020. The van der Waals surface area contributed by atoms with Crippen LogP contribution in [0.15, 0.2) is 78.9 Å². The number of carbonyl (C=O) groups excluding carboxylic acids is 2. The Morgan fingerprint density at radius 2 is 1.40 bits per heavy atom. The van der Waals surface area contributed by atoms with Crippen molar-refractivity contribution in [2.24, 2.45) is 0 Å². The van der Waals surface area contributed by atoms with Crippen LogP contribution in [0.5, 0.6) is 5.75 Å². The van der Waals surface area contributed by atoms with Crippen molar-refractivity contribution in [2.45, 2.75) is 18.9 Å². The molecule has 0 atom stereocenters. The predicted molar refractivity (Wildman–Crippen MR) is 116 cm³/mol. The largest absolute Gasteiger partial charge is 0.507 e. The van der Waals surface area contributed by atoms with Crippen LogP contribution in [0.2, 0.25) is 0 Å². The number of para-hydroxylation sites is 1. The molecule has 0 unspecified atom stereocenters. The molecule has 152 valence electrons. The van der Waals surface area contributed by atoms with Gasteiger partial charge in [-0.15, -0.1) is 0 Å². The molecule has 5 heteroatoms. The fourth-order valence-corrected chi connectivity index (χ4v) is 3.77. The van der Waals surface area contributed by atoms with E-state index < -0.39 is 0 Å². The molecule has 0 aliphatic carbocycles. The highest BCUT2D eigenvalue weighted by atomic mass is 16.3. The summed E-state index contributed by atoms with van der Waals surface area (Å²) in [6.07, 6.45) is 1.38. The number of nitrogens with one attached hydrogen (secondary N) is 1. The van der Waals surface area contributed by atoms with Gasteiger partial charge in [-0.2, -0.15) is 0 Å². The number of likely N-dealkylation sites (tertiary alicyclic amines) is 1. The Morgan fingerprint density at radius 1 is 0.800 bits per heavy atom. The lowest BCUT2D eigenvalue weighted by Crippen LogP contribution is -2.46. The molecule has 5 nitrogen and oxygen atoms in total. The maximum atomic E-state index is 12.6. The number of benzene rings is 3. The first-order chi connectivity index (χ1) is 14.6. The number of nitrogens with zero attached hydrogens (tertiary/aromatic N) is 1. The topological polar surface area (TPSA) is 69.6 Å². The molecule has 0 bridgehead atoms. The van der Waals surface area contributed by atoms with E-state index in [0.717, 1.165) is 11.1 Å². The summed E-state index contributed by atoms with van der Waals surface area (Å²) < 4.78 is 0. The van der Waals surface area contributed by atoms with Crippen LogP contribution in [0.4, 0.5) is 0 Å². The van der Waals surface area contributed by atoms with Crippen LogP contribution in [0.25, 0.3) is 11.1 Å². The molecule has 0 radical (unpaired) electrons. The molecule has 0 spiro atoms. The highest BCUT2D eigenvalue weighted by molar-refractivity contribution is 5.97. The van der Waals surface area contributed by atoms with Crippen LogP contribution in [0, 0.1) is 0 Å². The molecule has 3 aromatic rings. The summed E-state index contributed by atoms with van der Waals surface area (Å²) in [4.78, 5) is 26.9. The van der Waals surface area contributed by atoms with Gasteiger partial charge in [-0.1, -0.05) is 54.6 Å². The highest BCUT2D eigenvalue weighted by Crippen LogP contribution is 2.22. The number of piperidine rings is 1. The number of aromatic hydroxyl groups is 1. The van der Waals surface area contributed by atoms with Crippen molar-refractivity contribution in [3.63, 3.8) is 0 Å². The zero-order chi connectivity index (χ0) is 20.9. The lowest BCUT2D eigenvalue weighted by Gasteiger charge is -2.32. The number of phenols is 1. The van der Waals surface area contributed by atoms with Crippen molar-refractivity contribution in [3.8, 4) is 16.9 Å². The van der Waals surface area contributed by atoms with E-state index >= 15 is 0 Å². The molecule has 2 N–H and O–H groups in total. The monoisotopic (exact) mass is 400 g/mol. The Hall–Kier alpha value is -3.60. The normalized spacial score (nSPS) is 14.3. The minimum absolute atomic E-state index is 0.00289. The standard InChI is InChI=1S/C25H24N2O3/c28-23-9-5-4-8-22(23)25(30)27-16-14-21(15-17-27)26-24(29)20-12-10-19(11-13-20)18-6-2-1-3-7-18/h1-13,21,28H,14-17H2,(H,26,29). The van der Waals surface area contributed by atoms with Gasteiger partial charge in [0.1, 0.15) is 5.75 Å². The Morgan fingerprint density at radius 3 is 2.07 bits per heavy atom.